The minimum Gasteiger partial charge on any atom is -0.326 e. The minimum absolute atomic E-state index is 0. The third-order valence-corrected chi connectivity index (χ3v) is 2.70. The summed E-state index contributed by atoms with van der Waals surface area (Å²) in [5.74, 6) is -0.410. The van der Waals surface area contributed by atoms with Crippen LogP contribution in [0.3, 0.4) is 0 Å². The van der Waals surface area contributed by atoms with Crippen LogP contribution < -0.4 is 16.4 Å². The average Bonchev–Trinajstić information content (AvgIpc) is 2.32. The molecule has 4 N–H and O–H groups in total. The van der Waals surface area contributed by atoms with E-state index in [4.69, 9.17) is 5.73 Å². The number of nitrogens with one attached hydrogen (secondary N) is 2. The fraction of sp³-hybridized carbons (Fsp3) is 0.429. The van der Waals surface area contributed by atoms with Gasteiger partial charge in [-0.15, -0.1) is 12.4 Å². The molecule has 0 spiro atoms. The number of benzene rings is 1. The topological polar surface area (TPSA) is 84.2 Å². The molecule has 5 nitrogen and oxygen atoms in total. The maximum absolute atomic E-state index is 11.6. The molecule has 1 atom stereocenters. The highest BCUT2D eigenvalue weighted by Gasteiger charge is 2.11. The van der Waals surface area contributed by atoms with Gasteiger partial charge in [-0.1, -0.05) is 19.9 Å². The molecule has 0 saturated carbocycles. The second-order valence-electron chi connectivity index (χ2n) is 4.95. The number of hydrogen-bond donors (Lipinski definition) is 3. The highest BCUT2D eigenvalue weighted by atomic mass is 35.5. The van der Waals surface area contributed by atoms with Gasteiger partial charge in [0.1, 0.15) is 0 Å². The number of carbonyl (C=O) groups is 2. The molecule has 0 aliphatic carbocycles. The third-order valence-electron chi connectivity index (χ3n) is 2.70. The lowest BCUT2D eigenvalue weighted by Crippen LogP contribution is -2.32. The lowest BCUT2D eigenvalue weighted by Gasteiger charge is -2.13. The van der Waals surface area contributed by atoms with Gasteiger partial charge in [-0.25, -0.2) is 0 Å². The zero-order chi connectivity index (χ0) is 14.6. The Balaban J connectivity index is 0.00000361. The van der Waals surface area contributed by atoms with Crippen LogP contribution in [0.25, 0.3) is 0 Å². The number of anilines is 2. The number of aryl methyl sites for hydroxylation is 1. The summed E-state index contributed by atoms with van der Waals surface area (Å²) in [5.41, 5.74) is 7.74. The molecule has 2 amide bonds. The minimum atomic E-state index is -0.576. The fourth-order valence-corrected chi connectivity index (χ4v) is 1.37. The maximum atomic E-state index is 11.6. The van der Waals surface area contributed by atoms with Gasteiger partial charge in [0.15, 0.2) is 0 Å². The predicted octanol–water partition coefficient (Wildman–Crippen LogP) is 2.30. The molecule has 112 valence electrons. The Morgan fingerprint density at radius 1 is 1.10 bits per heavy atom. The smallest absolute Gasteiger partial charge is 0.241 e. The van der Waals surface area contributed by atoms with Crippen molar-refractivity contribution >= 4 is 35.6 Å². The molecular formula is C14H22ClN3O2. The van der Waals surface area contributed by atoms with E-state index in [-0.39, 0.29) is 30.1 Å². The molecule has 1 rings (SSSR count). The van der Waals surface area contributed by atoms with E-state index < -0.39 is 6.04 Å². The molecule has 1 aromatic carbocycles. The molecular weight excluding hydrogens is 278 g/mol. The first kappa shape index (κ1) is 18.4. The van der Waals surface area contributed by atoms with Crippen LogP contribution >= 0.6 is 12.4 Å². The van der Waals surface area contributed by atoms with Gasteiger partial charge >= 0.3 is 0 Å². The zero-order valence-electron chi connectivity index (χ0n) is 12.2. The molecule has 0 radical (unpaired) electrons. The van der Waals surface area contributed by atoms with E-state index in [2.05, 4.69) is 10.6 Å². The Hall–Kier alpha value is -1.59. The molecule has 20 heavy (non-hydrogen) atoms. The first-order valence-electron chi connectivity index (χ1n) is 6.29. The lowest BCUT2D eigenvalue weighted by atomic mass is 10.1. The molecule has 0 heterocycles. The number of halogens is 1. The predicted molar refractivity (Wildman–Crippen MR) is 84.2 cm³/mol. The fourth-order valence-electron chi connectivity index (χ4n) is 1.37. The first-order chi connectivity index (χ1) is 8.81. The van der Waals surface area contributed by atoms with Crippen LogP contribution in [0, 0.1) is 12.8 Å². The Labute approximate surface area is 125 Å². The number of hydrogen-bond acceptors (Lipinski definition) is 3. The quantitative estimate of drug-likeness (QED) is 0.797. The molecule has 0 aliphatic rings. The van der Waals surface area contributed by atoms with Crippen LogP contribution in [0.5, 0.6) is 0 Å². The van der Waals surface area contributed by atoms with Crippen LogP contribution in [0.4, 0.5) is 11.4 Å². The van der Waals surface area contributed by atoms with Crippen molar-refractivity contribution in [2.75, 3.05) is 10.6 Å². The van der Waals surface area contributed by atoms with Crippen molar-refractivity contribution in [1.29, 1.82) is 0 Å². The Morgan fingerprint density at radius 3 is 2.20 bits per heavy atom. The second kappa shape index (κ2) is 7.87. The molecule has 6 heteroatoms. The monoisotopic (exact) mass is 299 g/mol. The standard InChI is InChI=1S/C14H21N3O2.ClH/c1-8(2)13(18)16-11-6-5-9(3)12(7-11)17-14(19)10(4)15;/h5-8,10H,15H2,1-4H3,(H,16,18)(H,17,19);1H. The van der Waals surface area contributed by atoms with Gasteiger partial charge in [-0.05, 0) is 31.5 Å². The van der Waals surface area contributed by atoms with Crippen molar-refractivity contribution in [3.8, 4) is 0 Å². The van der Waals surface area contributed by atoms with Gasteiger partial charge < -0.3 is 16.4 Å². The van der Waals surface area contributed by atoms with Crippen molar-refractivity contribution in [2.24, 2.45) is 11.7 Å². The molecule has 0 aromatic heterocycles. The molecule has 1 aromatic rings. The Morgan fingerprint density at radius 2 is 1.70 bits per heavy atom. The van der Waals surface area contributed by atoms with E-state index in [1.807, 2.05) is 26.8 Å². The summed E-state index contributed by atoms with van der Waals surface area (Å²) in [6.07, 6.45) is 0. The van der Waals surface area contributed by atoms with E-state index in [0.29, 0.717) is 11.4 Å². The summed E-state index contributed by atoms with van der Waals surface area (Å²) in [5, 5.41) is 5.53. The SMILES string of the molecule is Cc1ccc(NC(=O)C(C)C)cc1NC(=O)C(C)N.Cl. The van der Waals surface area contributed by atoms with Crippen LogP contribution in [0.15, 0.2) is 18.2 Å². The van der Waals surface area contributed by atoms with Gasteiger partial charge in [0.2, 0.25) is 11.8 Å². The molecule has 0 aliphatic heterocycles. The molecule has 0 bridgehead atoms. The number of rotatable bonds is 4. The van der Waals surface area contributed by atoms with Gasteiger partial charge in [0.25, 0.3) is 0 Å². The van der Waals surface area contributed by atoms with E-state index in [0.717, 1.165) is 5.56 Å². The van der Waals surface area contributed by atoms with Crippen molar-refractivity contribution < 1.29 is 9.59 Å². The van der Waals surface area contributed by atoms with Crippen LogP contribution in [-0.4, -0.2) is 17.9 Å². The summed E-state index contributed by atoms with van der Waals surface area (Å²) in [6.45, 7) is 7.14. The van der Waals surface area contributed by atoms with Crippen molar-refractivity contribution in [1.82, 2.24) is 0 Å². The third kappa shape index (κ3) is 5.19. The largest absolute Gasteiger partial charge is 0.326 e. The number of nitrogens with two attached hydrogens (primary N) is 1. The van der Waals surface area contributed by atoms with Crippen LogP contribution in [-0.2, 0) is 9.59 Å². The Kier molecular flexibility index (Phi) is 7.24. The number of amides is 2. The van der Waals surface area contributed by atoms with Crippen molar-refractivity contribution in [2.45, 2.75) is 33.7 Å². The van der Waals surface area contributed by atoms with Crippen molar-refractivity contribution in [3.63, 3.8) is 0 Å². The van der Waals surface area contributed by atoms with Crippen LogP contribution in [0.2, 0.25) is 0 Å². The maximum Gasteiger partial charge on any atom is 0.241 e. The van der Waals surface area contributed by atoms with E-state index in [1.54, 1.807) is 19.1 Å². The normalized spacial score (nSPS) is 11.5. The van der Waals surface area contributed by atoms with Gasteiger partial charge in [-0.3, -0.25) is 9.59 Å². The van der Waals surface area contributed by atoms with Gasteiger partial charge in [0, 0.05) is 17.3 Å². The summed E-state index contributed by atoms with van der Waals surface area (Å²) in [7, 11) is 0. The first-order valence-corrected chi connectivity index (χ1v) is 6.29. The lowest BCUT2D eigenvalue weighted by molar-refractivity contribution is -0.119. The summed E-state index contributed by atoms with van der Waals surface area (Å²) in [4.78, 5) is 23.2. The van der Waals surface area contributed by atoms with Gasteiger partial charge in [0.05, 0.1) is 6.04 Å². The van der Waals surface area contributed by atoms with Crippen LogP contribution in [0.1, 0.15) is 26.3 Å². The highest BCUT2D eigenvalue weighted by Crippen LogP contribution is 2.21. The average molecular weight is 300 g/mol. The Bertz CT molecular complexity index is 487. The molecule has 0 saturated heterocycles. The summed E-state index contributed by atoms with van der Waals surface area (Å²) < 4.78 is 0. The van der Waals surface area contributed by atoms with Crippen molar-refractivity contribution in [3.05, 3.63) is 23.8 Å². The van der Waals surface area contributed by atoms with E-state index in [1.165, 1.54) is 0 Å². The molecule has 0 fully saturated rings. The zero-order valence-corrected chi connectivity index (χ0v) is 13.0. The summed E-state index contributed by atoms with van der Waals surface area (Å²) >= 11 is 0. The van der Waals surface area contributed by atoms with Gasteiger partial charge in [-0.2, -0.15) is 0 Å². The van der Waals surface area contributed by atoms with E-state index >= 15 is 0 Å². The summed E-state index contributed by atoms with van der Waals surface area (Å²) in [6, 6.07) is 4.80. The second-order valence-corrected chi connectivity index (χ2v) is 4.95. The van der Waals surface area contributed by atoms with E-state index in [9.17, 15) is 9.59 Å². The highest BCUT2D eigenvalue weighted by molar-refractivity contribution is 5.97. The number of carbonyl (C=O) groups excluding carboxylic acids is 2. The molecule has 1 unspecified atom stereocenters.